The maximum Gasteiger partial charge on any atom is 0.260 e. The van der Waals surface area contributed by atoms with Crippen LogP contribution in [0.1, 0.15) is 51.7 Å². The molecule has 0 saturated carbocycles. The van der Waals surface area contributed by atoms with Crippen LogP contribution in [-0.2, 0) is 4.79 Å². The Morgan fingerprint density at radius 1 is 1.38 bits per heavy atom. The number of halogens is 1. The summed E-state index contributed by atoms with van der Waals surface area (Å²) >= 11 is 6.10. The minimum absolute atomic E-state index is 0.151. The first-order valence-electron chi connectivity index (χ1n) is 7.37. The fourth-order valence-corrected chi connectivity index (χ4v) is 2.08. The van der Waals surface area contributed by atoms with E-state index in [1.165, 1.54) is 0 Å². The molecule has 0 fully saturated rings. The Morgan fingerprint density at radius 2 is 2.10 bits per heavy atom. The van der Waals surface area contributed by atoms with E-state index < -0.39 is 12.2 Å². The van der Waals surface area contributed by atoms with Gasteiger partial charge in [0.05, 0.1) is 11.1 Å². The molecular weight excluding hydrogens is 290 g/mol. The summed E-state index contributed by atoms with van der Waals surface area (Å²) in [7, 11) is 0. The lowest BCUT2D eigenvalue weighted by Crippen LogP contribution is -2.36. The first kappa shape index (κ1) is 17.8. The molecule has 21 heavy (non-hydrogen) atoms. The third-order valence-electron chi connectivity index (χ3n) is 3.19. The van der Waals surface area contributed by atoms with Crippen LogP contribution in [0.3, 0.4) is 0 Å². The average molecular weight is 314 g/mol. The summed E-state index contributed by atoms with van der Waals surface area (Å²) in [6.45, 7) is 6.13. The molecule has 0 saturated heterocycles. The molecule has 2 atom stereocenters. The summed E-state index contributed by atoms with van der Waals surface area (Å²) < 4.78 is 5.57. The van der Waals surface area contributed by atoms with Crippen LogP contribution in [-0.4, -0.2) is 23.7 Å². The molecule has 0 aliphatic carbocycles. The summed E-state index contributed by atoms with van der Waals surface area (Å²) in [6, 6.07) is 5.05. The highest BCUT2D eigenvalue weighted by atomic mass is 35.5. The monoisotopic (exact) mass is 313 g/mol. The first-order chi connectivity index (χ1) is 9.95. The van der Waals surface area contributed by atoms with Crippen molar-refractivity contribution >= 4 is 17.5 Å². The molecule has 2 N–H and O–H groups in total. The molecule has 0 aliphatic rings. The van der Waals surface area contributed by atoms with E-state index >= 15 is 0 Å². The van der Waals surface area contributed by atoms with E-state index in [9.17, 15) is 9.90 Å². The largest absolute Gasteiger partial charge is 0.479 e. The van der Waals surface area contributed by atoms with E-state index in [2.05, 4.69) is 12.2 Å². The van der Waals surface area contributed by atoms with Gasteiger partial charge >= 0.3 is 0 Å². The number of carbonyl (C=O) groups excluding carboxylic acids is 1. The Bertz CT molecular complexity index is 463. The molecule has 1 amide bonds. The third-order valence-corrected chi connectivity index (χ3v) is 3.49. The second kappa shape index (κ2) is 8.90. The minimum atomic E-state index is -0.610. The number of hydrogen-bond acceptors (Lipinski definition) is 3. The highest BCUT2D eigenvalue weighted by Gasteiger charge is 2.16. The van der Waals surface area contributed by atoms with E-state index in [4.69, 9.17) is 16.3 Å². The number of rotatable bonds is 8. The molecule has 1 unspecified atom stereocenters. The quantitative estimate of drug-likeness (QED) is 0.723. The predicted molar refractivity (Wildman–Crippen MR) is 84.7 cm³/mol. The Hall–Kier alpha value is -1.26. The number of aliphatic hydroxyl groups is 1. The Balaban J connectivity index is 2.54. The third kappa shape index (κ3) is 5.94. The van der Waals surface area contributed by atoms with Gasteiger partial charge in [0.25, 0.3) is 5.91 Å². The van der Waals surface area contributed by atoms with E-state index in [0.717, 1.165) is 19.3 Å². The zero-order valence-electron chi connectivity index (χ0n) is 12.9. The van der Waals surface area contributed by atoms with Crippen molar-refractivity contribution in [1.82, 2.24) is 5.32 Å². The van der Waals surface area contributed by atoms with Crippen LogP contribution in [0.2, 0.25) is 5.02 Å². The van der Waals surface area contributed by atoms with Crippen molar-refractivity contribution < 1.29 is 14.6 Å². The summed E-state index contributed by atoms with van der Waals surface area (Å²) in [5.74, 6) is 0.291. The lowest BCUT2D eigenvalue weighted by atomic mass is 10.1. The molecule has 1 aromatic rings. The number of amides is 1. The SMILES string of the molecule is CCCCCNC(=O)C(C)Oc1ccc([C@@H](C)O)cc1Cl. The van der Waals surface area contributed by atoms with Crippen LogP contribution in [0.15, 0.2) is 18.2 Å². The van der Waals surface area contributed by atoms with Gasteiger partial charge < -0.3 is 15.2 Å². The van der Waals surface area contributed by atoms with Crippen molar-refractivity contribution in [3.8, 4) is 5.75 Å². The van der Waals surface area contributed by atoms with E-state index in [-0.39, 0.29) is 5.91 Å². The Labute approximate surface area is 131 Å². The Kier molecular flexibility index (Phi) is 7.54. The maximum absolute atomic E-state index is 11.9. The smallest absolute Gasteiger partial charge is 0.260 e. The molecule has 0 bridgehead atoms. The first-order valence-corrected chi connectivity index (χ1v) is 7.75. The number of hydrogen-bond donors (Lipinski definition) is 2. The number of nitrogens with one attached hydrogen (secondary N) is 1. The molecule has 5 heteroatoms. The van der Waals surface area contributed by atoms with E-state index in [1.54, 1.807) is 32.0 Å². The van der Waals surface area contributed by atoms with Gasteiger partial charge in [0.2, 0.25) is 0 Å². The van der Waals surface area contributed by atoms with Gasteiger partial charge in [0.15, 0.2) is 6.10 Å². The standard InChI is InChI=1S/C16H24ClNO3/c1-4-5-6-9-18-16(20)12(3)21-15-8-7-13(11(2)19)10-14(15)17/h7-8,10-12,19H,4-6,9H2,1-3H3,(H,18,20)/t11-,12?/m1/s1. The molecular formula is C16H24ClNO3. The van der Waals surface area contributed by atoms with E-state index in [0.29, 0.717) is 22.9 Å². The fourth-order valence-electron chi connectivity index (χ4n) is 1.85. The second-order valence-corrected chi connectivity index (χ2v) is 5.53. The predicted octanol–water partition coefficient (Wildman–Crippen LogP) is 3.47. The van der Waals surface area contributed by atoms with Crippen molar-refractivity contribution in [2.24, 2.45) is 0 Å². The van der Waals surface area contributed by atoms with Gasteiger partial charge in [-0.15, -0.1) is 0 Å². The second-order valence-electron chi connectivity index (χ2n) is 5.12. The number of ether oxygens (including phenoxy) is 1. The molecule has 1 aromatic carbocycles. The van der Waals surface area contributed by atoms with Crippen molar-refractivity contribution in [3.05, 3.63) is 28.8 Å². The topological polar surface area (TPSA) is 58.6 Å². The van der Waals surface area contributed by atoms with Crippen molar-refractivity contribution in [1.29, 1.82) is 0 Å². The molecule has 0 spiro atoms. The van der Waals surface area contributed by atoms with Crippen LogP contribution >= 0.6 is 11.6 Å². The van der Waals surface area contributed by atoms with Crippen LogP contribution in [0.25, 0.3) is 0 Å². The zero-order chi connectivity index (χ0) is 15.8. The highest BCUT2D eigenvalue weighted by molar-refractivity contribution is 6.32. The van der Waals surface area contributed by atoms with Crippen molar-refractivity contribution in [2.45, 2.75) is 52.2 Å². The molecule has 0 aromatic heterocycles. The molecule has 1 rings (SSSR count). The average Bonchev–Trinajstić information content (AvgIpc) is 2.45. The molecule has 118 valence electrons. The number of carbonyl (C=O) groups is 1. The van der Waals surface area contributed by atoms with Crippen molar-refractivity contribution in [3.63, 3.8) is 0 Å². The highest BCUT2D eigenvalue weighted by Crippen LogP contribution is 2.28. The van der Waals surface area contributed by atoms with Gasteiger partial charge in [-0.05, 0) is 38.0 Å². The maximum atomic E-state index is 11.9. The normalized spacial score (nSPS) is 13.6. The number of unbranched alkanes of at least 4 members (excludes halogenated alkanes) is 2. The Morgan fingerprint density at radius 3 is 2.67 bits per heavy atom. The molecule has 0 heterocycles. The van der Waals surface area contributed by atoms with Gasteiger partial charge in [-0.2, -0.15) is 0 Å². The van der Waals surface area contributed by atoms with Gasteiger partial charge in [-0.3, -0.25) is 4.79 Å². The van der Waals surface area contributed by atoms with Crippen LogP contribution in [0.5, 0.6) is 5.75 Å². The summed E-state index contributed by atoms with van der Waals surface area (Å²) in [4.78, 5) is 11.9. The van der Waals surface area contributed by atoms with Crippen LogP contribution in [0.4, 0.5) is 0 Å². The van der Waals surface area contributed by atoms with Gasteiger partial charge in [-0.25, -0.2) is 0 Å². The number of benzene rings is 1. The fraction of sp³-hybridized carbons (Fsp3) is 0.562. The molecule has 0 radical (unpaired) electrons. The van der Waals surface area contributed by atoms with Crippen LogP contribution in [0, 0.1) is 0 Å². The lowest BCUT2D eigenvalue weighted by molar-refractivity contribution is -0.127. The minimum Gasteiger partial charge on any atom is -0.479 e. The number of aliphatic hydroxyl groups excluding tert-OH is 1. The van der Waals surface area contributed by atoms with Gasteiger partial charge in [0, 0.05) is 6.54 Å². The lowest BCUT2D eigenvalue weighted by Gasteiger charge is -2.16. The van der Waals surface area contributed by atoms with E-state index in [1.807, 2.05) is 0 Å². The molecule has 0 aliphatic heterocycles. The summed E-state index contributed by atoms with van der Waals surface area (Å²) in [5.41, 5.74) is 0.712. The summed E-state index contributed by atoms with van der Waals surface area (Å²) in [6.07, 6.45) is 1.99. The van der Waals surface area contributed by atoms with Crippen LogP contribution < -0.4 is 10.1 Å². The van der Waals surface area contributed by atoms with Crippen molar-refractivity contribution in [2.75, 3.05) is 6.54 Å². The van der Waals surface area contributed by atoms with Gasteiger partial charge in [0.1, 0.15) is 5.75 Å². The molecule has 4 nitrogen and oxygen atoms in total. The van der Waals surface area contributed by atoms with Gasteiger partial charge in [-0.1, -0.05) is 37.4 Å². The zero-order valence-corrected chi connectivity index (χ0v) is 13.6. The summed E-state index contributed by atoms with van der Waals surface area (Å²) in [5, 5.41) is 12.7.